The topological polar surface area (TPSA) is 73.3 Å². The number of aliphatic hydroxyl groups excluding tert-OH is 1. The molecule has 1 aliphatic rings. The van der Waals surface area contributed by atoms with E-state index in [1.165, 1.54) is 16.0 Å². The third-order valence-corrected chi connectivity index (χ3v) is 6.69. The van der Waals surface area contributed by atoms with Crippen LogP contribution in [0.3, 0.4) is 0 Å². The molecule has 2 heterocycles. The molecule has 5 rings (SSSR count). The Balaban J connectivity index is 1.27. The molecule has 1 aromatic heterocycles. The van der Waals surface area contributed by atoms with Gasteiger partial charge in [-0.15, -0.1) is 0 Å². The Kier molecular flexibility index (Phi) is 6.57. The fraction of sp³-hybridized carbons (Fsp3) is 0.276. The summed E-state index contributed by atoms with van der Waals surface area (Å²) in [5.74, 6) is 1.83. The first kappa shape index (κ1) is 23.1. The summed E-state index contributed by atoms with van der Waals surface area (Å²) in [6, 6.07) is 21.1. The summed E-state index contributed by atoms with van der Waals surface area (Å²) >= 11 is 0. The largest absolute Gasteiger partial charge is 0.497 e. The molecular formula is C29H30NO5+. The molecule has 0 saturated heterocycles. The van der Waals surface area contributed by atoms with Gasteiger partial charge in [-0.25, -0.2) is 0 Å². The number of aliphatic hydroxyl groups is 1. The Morgan fingerprint density at radius 1 is 1.03 bits per heavy atom. The second kappa shape index (κ2) is 9.94. The van der Waals surface area contributed by atoms with Crippen LogP contribution in [0.4, 0.5) is 0 Å². The molecule has 1 aliphatic heterocycles. The van der Waals surface area contributed by atoms with Crippen molar-refractivity contribution in [2.45, 2.75) is 26.0 Å². The van der Waals surface area contributed by atoms with Crippen molar-refractivity contribution in [3.05, 3.63) is 93.8 Å². The van der Waals surface area contributed by atoms with E-state index in [1.807, 2.05) is 24.3 Å². The van der Waals surface area contributed by atoms with Crippen molar-refractivity contribution in [3.63, 3.8) is 0 Å². The van der Waals surface area contributed by atoms with Crippen LogP contribution in [0.15, 0.2) is 75.9 Å². The van der Waals surface area contributed by atoms with E-state index >= 15 is 0 Å². The third-order valence-electron chi connectivity index (χ3n) is 6.69. The van der Waals surface area contributed by atoms with Gasteiger partial charge in [-0.1, -0.05) is 36.4 Å². The number of nitrogens with one attached hydrogen (secondary N) is 1. The number of benzene rings is 3. The number of methoxy groups -OCH3 is 1. The third kappa shape index (κ3) is 4.94. The van der Waals surface area contributed by atoms with Crippen LogP contribution < -0.4 is 19.8 Å². The molecule has 6 nitrogen and oxygen atoms in total. The monoisotopic (exact) mass is 472 g/mol. The van der Waals surface area contributed by atoms with Gasteiger partial charge < -0.3 is 23.9 Å². The molecule has 6 heteroatoms. The van der Waals surface area contributed by atoms with Gasteiger partial charge in [0.15, 0.2) is 0 Å². The van der Waals surface area contributed by atoms with Gasteiger partial charge in [-0.05, 0) is 42.3 Å². The van der Waals surface area contributed by atoms with E-state index in [1.54, 1.807) is 32.2 Å². The van der Waals surface area contributed by atoms with Crippen LogP contribution in [-0.2, 0) is 13.0 Å². The van der Waals surface area contributed by atoms with Gasteiger partial charge in [0.25, 0.3) is 0 Å². The van der Waals surface area contributed by atoms with E-state index in [2.05, 4.69) is 24.3 Å². The maximum atomic E-state index is 13.2. The summed E-state index contributed by atoms with van der Waals surface area (Å²) in [4.78, 5) is 14.6. The minimum absolute atomic E-state index is 0.0884. The van der Waals surface area contributed by atoms with Crippen molar-refractivity contribution >= 4 is 11.0 Å². The summed E-state index contributed by atoms with van der Waals surface area (Å²) in [7, 11) is 1.61. The van der Waals surface area contributed by atoms with Gasteiger partial charge >= 0.3 is 0 Å². The summed E-state index contributed by atoms with van der Waals surface area (Å²) in [6.07, 6.45) is 0.442. The molecule has 3 aromatic carbocycles. The maximum absolute atomic E-state index is 13.2. The van der Waals surface area contributed by atoms with E-state index in [4.69, 9.17) is 13.9 Å². The Bertz CT molecular complexity index is 1390. The fourth-order valence-corrected chi connectivity index (χ4v) is 4.87. The summed E-state index contributed by atoms with van der Waals surface area (Å²) < 4.78 is 17.1. The highest BCUT2D eigenvalue weighted by Crippen LogP contribution is 2.27. The van der Waals surface area contributed by atoms with Crippen molar-refractivity contribution in [3.8, 4) is 22.6 Å². The zero-order valence-electron chi connectivity index (χ0n) is 20.0. The maximum Gasteiger partial charge on any atom is 0.200 e. The van der Waals surface area contributed by atoms with E-state index < -0.39 is 6.10 Å². The molecule has 180 valence electrons. The fourth-order valence-electron chi connectivity index (χ4n) is 4.87. The van der Waals surface area contributed by atoms with Crippen molar-refractivity contribution in [1.82, 2.24) is 0 Å². The zero-order chi connectivity index (χ0) is 24.4. The lowest BCUT2D eigenvalue weighted by Crippen LogP contribution is -3.13. The van der Waals surface area contributed by atoms with E-state index in [0.29, 0.717) is 34.6 Å². The smallest absolute Gasteiger partial charge is 0.200 e. The second-order valence-electron chi connectivity index (χ2n) is 9.11. The van der Waals surface area contributed by atoms with Crippen LogP contribution in [0, 0.1) is 6.92 Å². The summed E-state index contributed by atoms with van der Waals surface area (Å²) in [5, 5.41) is 11.1. The summed E-state index contributed by atoms with van der Waals surface area (Å²) in [5.41, 5.74) is 4.46. The molecule has 4 aromatic rings. The highest BCUT2D eigenvalue weighted by molar-refractivity contribution is 5.83. The van der Waals surface area contributed by atoms with Crippen LogP contribution in [0.25, 0.3) is 22.1 Å². The molecule has 0 amide bonds. The number of ether oxygens (including phenoxy) is 2. The lowest BCUT2D eigenvalue weighted by Gasteiger charge is -2.27. The molecule has 0 saturated carbocycles. The normalized spacial score (nSPS) is 16.0. The zero-order valence-corrected chi connectivity index (χ0v) is 20.0. The van der Waals surface area contributed by atoms with Crippen molar-refractivity contribution in [2.24, 2.45) is 0 Å². The Morgan fingerprint density at radius 2 is 1.77 bits per heavy atom. The first-order valence-electron chi connectivity index (χ1n) is 11.9. The first-order chi connectivity index (χ1) is 17.0. The highest BCUT2D eigenvalue weighted by Gasteiger charge is 2.22. The molecule has 1 unspecified atom stereocenters. The standard InChI is InChI=1S/C29H29NO5/c1-19-28(21-7-9-24(33-2)10-8-21)29(32)26-12-11-25(15-27(26)35-19)34-18-23(31)17-30-14-13-20-5-3-4-6-22(20)16-30/h3-12,15,23,31H,13-14,16-18H2,1-2H3/p+1/t23-/m1/s1. The Labute approximate surface area is 204 Å². The molecule has 0 radical (unpaired) electrons. The predicted molar refractivity (Wildman–Crippen MR) is 135 cm³/mol. The van der Waals surface area contributed by atoms with Crippen molar-refractivity contribution < 1.29 is 23.9 Å². The van der Waals surface area contributed by atoms with Crippen LogP contribution >= 0.6 is 0 Å². The minimum Gasteiger partial charge on any atom is -0.497 e. The van der Waals surface area contributed by atoms with E-state index in [9.17, 15) is 9.90 Å². The Hall–Kier alpha value is -3.61. The summed E-state index contributed by atoms with van der Waals surface area (Å²) in [6.45, 7) is 4.53. The number of rotatable bonds is 7. The lowest BCUT2D eigenvalue weighted by molar-refractivity contribution is -0.918. The van der Waals surface area contributed by atoms with E-state index in [0.717, 1.165) is 30.8 Å². The number of quaternary nitrogens is 1. The van der Waals surface area contributed by atoms with Gasteiger partial charge in [-0.3, -0.25) is 4.79 Å². The first-order valence-corrected chi connectivity index (χ1v) is 11.9. The average Bonchev–Trinajstić information content (AvgIpc) is 2.87. The van der Waals surface area contributed by atoms with Crippen molar-refractivity contribution in [2.75, 3.05) is 26.8 Å². The van der Waals surface area contributed by atoms with Crippen molar-refractivity contribution in [1.29, 1.82) is 0 Å². The van der Waals surface area contributed by atoms with Crippen LogP contribution in [0.5, 0.6) is 11.5 Å². The molecule has 0 fully saturated rings. The average molecular weight is 473 g/mol. The van der Waals surface area contributed by atoms with Gasteiger partial charge in [0.2, 0.25) is 5.43 Å². The molecule has 2 atom stereocenters. The number of fused-ring (bicyclic) bond motifs is 2. The van der Waals surface area contributed by atoms with Gasteiger partial charge in [0.1, 0.15) is 48.6 Å². The lowest BCUT2D eigenvalue weighted by atomic mass is 10.00. The second-order valence-corrected chi connectivity index (χ2v) is 9.11. The number of hydrogen-bond acceptors (Lipinski definition) is 5. The number of hydrogen-bond donors (Lipinski definition) is 2. The van der Waals surface area contributed by atoms with Crippen LogP contribution in [0.1, 0.15) is 16.9 Å². The van der Waals surface area contributed by atoms with Gasteiger partial charge in [-0.2, -0.15) is 0 Å². The molecule has 0 aliphatic carbocycles. The van der Waals surface area contributed by atoms with Gasteiger partial charge in [0.05, 0.1) is 24.6 Å². The highest BCUT2D eigenvalue weighted by atomic mass is 16.5. The molecular weight excluding hydrogens is 442 g/mol. The van der Waals surface area contributed by atoms with Crippen LogP contribution in [0.2, 0.25) is 0 Å². The number of aryl methyl sites for hydroxylation is 1. The Morgan fingerprint density at radius 3 is 2.54 bits per heavy atom. The quantitative estimate of drug-likeness (QED) is 0.432. The predicted octanol–water partition coefficient (Wildman–Crippen LogP) is 3.16. The SMILES string of the molecule is COc1ccc(-c2c(C)oc3cc(OC[C@H](O)C[NH+]4CCc5ccccc5C4)ccc3c2=O)cc1. The molecule has 0 spiro atoms. The molecule has 0 bridgehead atoms. The van der Waals surface area contributed by atoms with Gasteiger partial charge in [0, 0.05) is 18.1 Å². The molecule has 35 heavy (non-hydrogen) atoms. The molecule has 2 N–H and O–H groups in total. The van der Waals surface area contributed by atoms with Crippen LogP contribution in [-0.4, -0.2) is 38.0 Å². The minimum atomic E-state index is -0.586. The van der Waals surface area contributed by atoms with E-state index in [-0.39, 0.29) is 12.0 Å².